The van der Waals surface area contributed by atoms with Crippen LogP contribution in [0.25, 0.3) is 0 Å². The molecule has 0 aromatic heterocycles. The fraction of sp³-hybridized carbons (Fsp3) is 0.333. The number of hydrogen-bond acceptors (Lipinski definition) is 5. The number of hydrogen-bond donors (Lipinski definition) is 1. The van der Waals surface area contributed by atoms with Crippen molar-refractivity contribution in [2.24, 2.45) is 0 Å². The van der Waals surface area contributed by atoms with Gasteiger partial charge in [-0.15, -0.1) is 0 Å². The maximum atomic E-state index is 11.8. The third-order valence-electron chi connectivity index (χ3n) is 3.72. The second-order valence-corrected chi connectivity index (χ2v) is 6.18. The van der Waals surface area contributed by atoms with Gasteiger partial charge in [0.15, 0.2) is 13.2 Å². The molecule has 6 nitrogen and oxygen atoms in total. The van der Waals surface area contributed by atoms with Gasteiger partial charge in [0.2, 0.25) is 0 Å². The monoisotopic (exact) mass is 371 g/mol. The Morgan fingerprint density at radius 2 is 1.48 bits per heavy atom. The van der Waals surface area contributed by atoms with E-state index in [-0.39, 0.29) is 13.2 Å². The number of nitrogens with one attached hydrogen (secondary N) is 1. The summed E-state index contributed by atoms with van der Waals surface area (Å²) < 4.78 is 15.6. The number of carbonyl (C=O) groups is 2. The fourth-order valence-electron chi connectivity index (χ4n) is 2.28. The van der Waals surface area contributed by atoms with E-state index in [4.69, 9.17) is 14.2 Å². The molecule has 0 atom stereocenters. The maximum absolute atomic E-state index is 11.8. The third-order valence-corrected chi connectivity index (χ3v) is 3.72. The minimum Gasteiger partial charge on any atom is -0.494 e. The lowest BCUT2D eigenvalue weighted by Crippen LogP contribution is -2.23. The zero-order valence-electron chi connectivity index (χ0n) is 15.9. The molecule has 1 amide bonds. The van der Waals surface area contributed by atoms with Crippen molar-refractivity contribution in [3.63, 3.8) is 0 Å². The normalized spacial score (nSPS) is 10.4. The van der Waals surface area contributed by atoms with Gasteiger partial charge in [-0.25, -0.2) is 4.79 Å². The van der Waals surface area contributed by atoms with Gasteiger partial charge in [-0.2, -0.15) is 0 Å². The molecular formula is C21H25NO5. The van der Waals surface area contributed by atoms with Crippen molar-refractivity contribution in [2.45, 2.75) is 26.7 Å². The van der Waals surface area contributed by atoms with Crippen molar-refractivity contribution in [3.05, 3.63) is 54.1 Å². The molecular weight excluding hydrogens is 346 g/mol. The summed E-state index contributed by atoms with van der Waals surface area (Å²) in [7, 11) is 0. The Hall–Kier alpha value is -3.02. The number of amides is 1. The second-order valence-electron chi connectivity index (χ2n) is 6.18. The van der Waals surface area contributed by atoms with E-state index in [2.05, 4.69) is 19.2 Å². The van der Waals surface area contributed by atoms with Crippen LogP contribution in [-0.2, 0) is 14.3 Å². The molecule has 2 aromatic rings. The molecule has 2 rings (SSSR count). The lowest BCUT2D eigenvalue weighted by Gasteiger charge is -2.10. The average molecular weight is 371 g/mol. The Morgan fingerprint density at radius 3 is 2.07 bits per heavy atom. The molecule has 0 spiro atoms. The van der Waals surface area contributed by atoms with Crippen LogP contribution >= 0.6 is 0 Å². The molecule has 0 aliphatic heterocycles. The quantitative estimate of drug-likeness (QED) is 0.679. The molecule has 144 valence electrons. The van der Waals surface area contributed by atoms with Crippen LogP contribution in [-0.4, -0.2) is 31.7 Å². The Bertz CT molecular complexity index is 738. The predicted octanol–water partition coefficient (Wildman–Crippen LogP) is 3.77. The number of esters is 1. The van der Waals surface area contributed by atoms with Gasteiger partial charge < -0.3 is 19.5 Å². The lowest BCUT2D eigenvalue weighted by molar-refractivity contribution is -0.149. The molecule has 0 radical (unpaired) electrons. The van der Waals surface area contributed by atoms with Crippen LogP contribution < -0.4 is 14.8 Å². The van der Waals surface area contributed by atoms with Gasteiger partial charge in [0.25, 0.3) is 5.91 Å². The number of ether oxygens (including phenoxy) is 3. The maximum Gasteiger partial charge on any atom is 0.344 e. The van der Waals surface area contributed by atoms with Crippen LogP contribution in [0.4, 0.5) is 5.69 Å². The predicted molar refractivity (Wildman–Crippen MR) is 103 cm³/mol. The highest BCUT2D eigenvalue weighted by molar-refractivity contribution is 5.92. The van der Waals surface area contributed by atoms with Crippen LogP contribution in [0, 0.1) is 0 Å². The molecule has 0 aliphatic carbocycles. The van der Waals surface area contributed by atoms with E-state index < -0.39 is 11.9 Å². The molecule has 0 bridgehead atoms. The van der Waals surface area contributed by atoms with Crippen LogP contribution in [0.15, 0.2) is 48.5 Å². The molecule has 0 aliphatic rings. The topological polar surface area (TPSA) is 73.9 Å². The highest BCUT2D eigenvalue weighted by Gasteiger charge is 2.09. The first-order chi connectivity index (χ1) is 13.0. The molecule has 6 heteroatoms. The van der Waals surface area contributed by atoms with Crippen LogP contribution in [0.5, 0.6) is 11.5 Å². The molecule has 0 heterocycles. The van der Waals surface area contributed by atoms with Crippen molar-refractivity contribution in [3.8, 4) is 11.5 Å². The number of carbonyl (C=O) groups excluding carboxylic acids is 2. The standard InChI is InChI=1S/C21H25NO5/c1-4-25-18-11-7-17(8-12-18)22-20(23)13-27-21(24)14-26-19-9-5-16(6-10-19)15(2)3/h5-12,15H,4,13-14H2,1-3H3,(H,22,23). The summed E-state index contributed by atoms with van der Waals surface area (Å²) in [5.41, 5.74) is 1.79. The van der Waals surface area contributed by atoms with Gasteiger partial charge >= 0.3 is 5.97 Å². The summed E-state index contributed by atoms with van der Waals surface area (Å²) in [4.78, 5) is 23.6. The number of rotatable bonds is 9. The Balaban J connectivity index is 1.70. The van der Waals surface area contributed by atoms with Crippen LogP contribution in [0.2, 0.25) is 0 Å². The van der Waals surface area contributed by atoms with Gasteiger partial charge in [-0.3, -0.25) is 4.79 Å². The van der Waals surface area contributed by atoms with E-state index in [9.17, 15) is 9.59 Å². The first kappa shape index (κ1) is 20.3. The van der Waals surface area contributed by atoms with E-state index in [1.807, 2.05) is 19.1 Å². The van der Waals surface area contributed by atoms with E-state index in [0.29, 0.717) is 24.0 Å². The zero-order chi connectivity index (χ0) is 19.6. The van der Waals surface area contributed by atoms with Gasteiger partial charge in [-0.05, 0) is 54.8 Å². The Labute approximate surface area is 159 Å². The van der Waals surface area contributed by atoms with Crippen LogP contribution in [0.3, 0.4) is 0 Å². The summed E-state index contributed by atoms with van der Waals surface area (Å²) in [6, 6.07) is 14.5. The van der Waals surface area contributed by atoms with Gasteiger partial charge in [-0.1, -0.05) is 26.0 Å². The molecule has 1 N–H and O–H groups in total. The average Bonchev–Trinajstić information content (AvgIpc) is 2.67. The summed E-state index contributed by atoms with van der Waals surface area (Å²) >= 11 is 0. The summed E-state index contributed by atoms with van der Waals surface area (Å²) in [5.74, 6) is 0.701. The SMILES string of the molecule is CCOc1ccc(NC(=O)COC(=O)COc2ccc(C(C)C)cc2)cc1. The smallest absolute Gasteiger partial charge is 0.344 e. The van der Waals surface area contributed by atoms with Crippen molar-refractivity contribution >= 4 is 17.6 Å². The molecule has 0 saturated carbocycles. The fourth-order valence-corrected chi connectivity index (χ4v) is 2.28. The minimum atomic E-state index is -0.607. The van der Waals surface area contributed by atoms with Gasteiger partial charge in [0.1, 0.15) is 11.5 Å². The zero-order valence-corrected chi connectivity index (χ0v) is 15.9. The van der Waals surface area contributed by atoms with Gasteiger partial charge in [0, 0.05) is 5.69 Å². The molecule has 0 saturated heterocycles. The largest absolute Gasteiger partial charge is 0.494 e. The van der Waals surface area contributed by atoms with E-state index in [1.54, 1.807) is 36.4 Å². The molecule has 2 aromatic carbocycles. The van der Waals surface area contributed by atoms with Crippen molar-refractivity contribution < 1.29 is 23.8 Å². The Kier molecular flexibility index (Phi) is 7.67. The minimum absolute atomic E-state index is 0.253. The van der Waals surface area contributed by atoms with Crippen molar-refractivity contribution in [1.82, 2.24) is 0 Å². The van der Waals surface area contributed by atoms with E-state index in [0.717, 1.165) is 5.75 Å². The summed E-state index contributed by atoms with van der Waals surface area (Å²) in [6.07, 6.45) is 0. The second kappa shape index (κ2) is 10.2. The molecule has 0 fully saturated rings. The molecule has 0 unspecified atom stereocenters. The van der Waals surface area contributed by atoms with E-state index >= 15 is 0 Å². The van der Waals surface area contributed by atoms with Crippen LogP contribution in [0.1, 0.15) is 32.3 Å². The number of anilines is 1. The first-order valence-corrected chi connectivity index (χ1v) is 8.89. The van der Waals surface area contributed by atoms with Gasteiger partial charge in [0.05, 0.1) is 6.61 Å². The van der Waals surface area contributed by atoms with E-state index in [1.165, 1.54) is 5.56 Å². The van der Waals surface area contributed by atoms with Crippen molar-refractivity contribution in [2.75, 3.05) is 25.1 Å². The first-order valence-electron chi connectivity index (χ1n) is 8.89. The highest BCUT2D eigenvalue weighted by atomic mass is 16.6. The van der Waals surface area contributed by atoms with Crippen molar-refractivity contribution in [1.29, 1.82) is 0 Å². The lowest BCUT2D eigenvalue weighted by atomic mass is 10.0. The third kappa shape index (κ3) is 7.01. The highest BCUT2D eigenvalue weighted by Crippen LogP contribution is 2.18. The Morgan fingerprint density at radius 1 is 0.889 bits per heavy atom. The number of benzene rings is 2. The summed E-state index contributed by atoms with van der Waals surface area (Å²) in [5, 5.41) is 2.64. The summed E-state index contributed by atoms with van der Waals surface area (Å²) in [6.45, 7) is 6.05. The molecule has 27 heavy (non-hydrogen) atoms.